The summed E-state index contributed by atoms with van der Waals surface area (Å²) in [5, 5.41) is 10.8. The average Bonchev–Trinajstić information content (AvgIpc) is 3.03. The number of rotatable bonds is 3. The molecule has 1 unspecified atom stereocenters. The van der Waals surface area contributed by atoms with E-state index in [1.165, 1.54) is 0 Å². The van der Waals surface area contributed by atoms with E-state index < -0.39 is 0 Å². The van der Waals surface area contributed by atoms with Gasteiger partial charge in [0.05, 0.1) is 18.0 Å². The van der Waals surface area contributed by atoms with E-state index in [1.54, 1.807) is 0 Å². The van der Waals surface area contributed by atoms with Gasteiger partial charge in [0.15, 0.2) is 0 Å². The molecule has 1 saturated heterocycles. The third-order valence-electron chi connectivity index (χ3n) is 3.94. The first kappa shape index (κ1) is 13.6. The Morgan fingerprint density at radius 2 is 2.25 bits per heavy atom. The van der Waals surface area contributed by atoms with Gasteiger partial charge in [0.25, 0.3) is 0 Å². The molecule has 5 nitrogen and oxygen atoms in total. The summed E-state index contributed by atoms with van der Waals surface area (Å²) in [7, 11) is 0. The number of hydrogen-bond donors (Lipinski definition) is 1. The van der Waals surface area contributed by atoms with Crippen LogP contribution >= 0.6 is 11.6 Å². The Labute approximate surface area is 123 Å². The predicted molar refractivity (Wildman–Crippen MR) is 80.4 cm³/mol. The molecule has 0 aliphatic carbocycles. The van der Waals surface area contributed by atoms with E-state index >= 15 is 0 Å². The van der Waals surface area contributed by atoms with Crippen LogP contribution in [0.25, 0.3) is 11.0 Å². The summed E-state index contributed by atoms with van der Waals surface area (Å²) in [5.74, 6) is 0.843. The first-order chi connectivity index (χ1) is 9.61. The van der Waals surface area contributed by atoms with Gasteiger partial charge in [0.1, 0.15) is 11.5 Å². The average molecular weight is 295 g/mol. The molecule has 3 rings (SSSR count). The summed E-state index contributed by atoms with van der Waals surface area (Å²) >= 11 is 6.10. The van der Waals surface area contributed by atoms with Crippen LogP contribution in [-0.4, -0.2) is 38.8 Å². The highest BCUT2D eigenvalue weighted by Gasteiger charge is 2.27. The van der Waals surface area contributed by atoms with Crippen LogP contribution in [0.3, 0.4) is 0 Å². The summed E-state index contributed by atoms with van der Waals surface area (Å²) in [5.41, 5.74) is 0.860. The van der Waals surface area contributed by atoms with E-state index in [4.69, 9.17) is 11.6 Å². The fourth-order valence-corrected chi connectivity index (χ4v) is 3.09. The molecular weight excluding hydrogens is 276 g/mol. The maximum Gasteiger partial charge on any atom is 0.226 e. The van der Waals surface area contributed by atoms with Crippen molar-refractivity contribution in [3.63, 3.8) is 0 Å². The molecule has 1 N–H and O–H groups in total. The smallest absolute Gasteiger partial charge is 0.226 e. The molecular formula is C14H19ClN4O. The number of nitrogens with zero attached hydrogens (tertiary/aromatic N) is 4. The number of aliphatic hydroxyl groups excluding tert-OH is 1. The second kappa shape index (κ2) is 5.22. The second-order valence-electron chi connectivity index (χ2n) is 5.54. The normalized spacial score (nSPS) is 19.4. The fraction of sp³-hybridized carbons (Fsp3) is 0.571. The zero-order valence-electron chi connectivity index (χ0n) is 11.8. The summed E-state index contributed by atoms with van der Waals surface area (Å²) in [6.07, 6.45) is 4.08. The lowest BCUT2D eigenvalue weighted by Crippen LogP contribution is -2.33. The Balaban J connectivity index is 2.15. The Bertz CT molecular complexity index is 625. The van der Waals surface area contributed by atoms with Crippen molar-refractivity contribution in [2.45, 2.75) is 38.8 Å². The van der Waals surface area contributed by atoms with Gasteiger partial charge < -0.3 is 14.6 Å². The van der Waals surface area contributed by atoms with Gasteiger partial charge in [-0.05, 0) is 44.4 Å². The second-order valence-corrected chi connectivity index (χ2v) is 5.88. The predicted octanol–water partition coefficient (Wildman–Crippen LogP) is 2.63. The molecule has 2 aromatic rings. The molecule has 3 heterocycles. The largest absolute Gasteiger partial charge is 0.394 e. The minimum absolute atomic E-state index is 0.131. The molecule has 0 bridgehead atoms. The van der Waals surface area contributed by atoms with Gasteiger partial charge in [-0.15, -0.1) is 0 Å². The van der Waals surface area contributed by atoms with Crippen LogP contribution in [0.4, 0.5) is 5.82 Å². The molecule has 0 amide bonds. The van der Waals surface area contributed by atoms with Crippen molar-refractivity contribution >= 4 is 28.5 Å². The third kappa shape index (κ3) is 2.15. The van der Waals surface area contributed by atoms with Crippen molar-refractivity contribution in [3.05, 3.63) is 17.5 Å². The van der Waals surface area contributed by atoms with E-state index in [0.29, 0.717) is 6.04 Å². The quantitative estimate of drug-likeness (QED) is 0.884. The monoisotopic (exact) mass is 294 g/mol. The van der Waals surface area contributed by atoms with Gasteiger partial charge in [0.2, 0.25) is 5.28 Å². The lowest BCUT2D eigenvalue weighted by molar-refractivity contribution is 0.266. The van der Waals surface area contributed by atoms with E-state index in [1.807, 2.05) is 12.3 Å². The Morgan fingerprint density at radius 3 is 2.95 bits per heavy atom. The number of anilines is 1. The molecule has 108 valence electrons. The van der Waals surface area contributed by atoms with Crippen molar-refractivity contribution in [1.29, 1.82) is 0 Å². The SMILES string of the molecule is CC(C)n1ccc2c(N3CCCC3CO)nc(Cl)nc21. The lowest BCUT2D eigenvalue weighted by Gasteiger charge is -2.24. The maximum absolute atomic E-state index is 9.51. The van der Waals surface area contributed by atoms with Crippen LogP contribution in [0.1, 0.15) is 32.7 Å². The van der Waals surface area contributed by atoms with Crippen LogP contribution in [0.5, 0.6) is 0 Å². The highest BCUT2D eigenvalue weighted by atomic mass is 35.5. The van der Waals surface area contributed by atoms with Crippen LogP contribution in [0.2, 0.25) is 5.28 Å². The molecule has 1 aliphatic heterocycles. The van der Waals surface area contributed by atoms with Crippen LogP contribution in [0.15, 0.2) is 12.3 Å². The third-order valence-corrected chi connectivity index (χ3v) is 4.11. The van der Waals surface area contributed by atoms with Gasteiger partial charge in [0, 0.05) is 18.8 Å². The van der Waals surface area contributed by atoms with E-state index in [9.17, 15) is 5.11 Å². The highest BCUT2D eigenvalue weighted by molar-refractivity contribution is 6.28. The first-order valence-electron chi connectivity index (χ1n) is 7.03. The van der Waals surface area contributed by atoms with Crippen molar-refractivity contribution in [1.82, 2.24) is 14.5 Å². The lowest BCUT2D eigenvalue weighted by atomic mass is 10.2. The first-order valence-corrected chi connectivity index (χ1v) is 7.41. The van der Waals surface area contributed by atoms with Crippen molar-refractivity contribution in [2.24, 2.45) is 0 Å². The van der Waals surface area contributed by atoms with Gasteiger partial charge in [-0.2, -0.15) is 9.97 Å². The number of fused-ring (bicyclic) bond motifs is 1. The van der Waals surface area contributed by atoms with Crippen LogP contribution in [0, 0.1) is 0 Å². The Hall–Kier alpha value is -1.33. The van der Waals surface area contributed by atoms with Crippen molar-refractivity contribution in [3.8, 4) is 0 Å². The summed E-state index contributed by atoms with van der Waals surface area (Å²) in [6.45, 7) is 5.28. The number of aromatic nitrogens is 3. The molecule has 6 heteroatoms. The zero-order chi connectivity index (χ0) is 14.3. The molecule has 1 fully saturated rings. The van der Waals surface area contributed by atoms with E-state index in [2.05, 4.69) is 33.3 Å². The fourth-order valence-electron chi connectivity index (χ4n) is 2.93. The summed E-state index contributed by atoms with van der Waals surface area (Å²) < 4.78 is 2.09. The van der Waals surface area contributed by atoms with Crippen molar-refractivity contribution in [2.75, 3.05) is 18.1 Å². The highest BCUT2D eigenvalue weighted by Crippen LogP contribution is 2.32. The van der Waals surface area contributed by atoms with Crippen LogP contribution in [-0.2, 0) is 0 Å². The molecule has 2 aromatic heterocycles. The molecule has 0 aromatic carbocycles. The van der Waals surface area contributed by atoms with E-state index in [0.717, 1.165) is 36.2 Å². The zero-order valence-corrected chi connectivity index (χ0v) is 12.5. The molecule has 1 atom stereocenters. The molecule has 0 spiro atoms. The number of hydrogen-bond acceptors (Lipinski definition) is 4. The molecule has 0 radical (unpaired) electrons. The Kier molecular flexibility index (Phi) is 3.56. The van der Waals surface area contributed by atoms with Crippen molar-refractivity contribution < 1.29 is 5.11 Å². The number of aliphatic hydroxyl groups is 1. The maximum atomic E-state index is 9.51. The topological polar surface area (TPSA) is 54.2 Å². The number of halogens is 1. The van der Waals surface area contributed by atoms with Gasteiger partial charge in [-0.1, -0.05) is 0 Å². The summed E-state index contributed by atoms with van der Waals surface area (Å²) in [4.78, 5) is 10.9. The minimum Gasteiger partial charge on any atom is -0.394 e. The Morgan fingerprint density at radius 1 is 1.45 bits per heavy atom. The van der Waals surface area contributed by atoms with Gasteiger partial charge >= 0.3 is 0 Å². The molecule has 1 aliphatic rings. The summed E-state index contributed by atoms with van der Waals surface area (Å²) in [6, 6.07) is 2.48. The van der Waals surface area contributed by atoms with Gasteiger partial charge in [-0.25, -0.2) is 0 Å². The standard InChI is InChI=1S/C14H19ClN4O/c1-9(2)18-7-5-11-12(18)16-14(15)17-13(11)19-6-3-4-10(19)8-20/h5,7,9-10,20H,3-4,6,8H2,1-2H3. The van der Waals surface area contributed by atoms with Crippen LogP contribution < -0.4 is 4.90 Å². The molecule has 0 saturated carbocycles. The van der Waals surface area contributed by atoms with Gasteiger partial charge in [-0.3, -0.25) is 0 Å². The minimum atomic E-state index is 0.131. The molecule has 20 heavy (non-hydrogen) atoms. The van der Waals surface area contributed by atoms with E-state index in [-0.39, 0.29) is 17.9 Å².